The maximum atomic E-state index is 5.68. The Hall–Kier alpha value is -3.02. The normalized spacial score (nSPS) is 11.4. The molecule has 2 aromatic carbocycles. The quantitative estimate of drug-likeness (QED) is 0.369. The molecule has 6 nitrogen and oxygen atoms in total. The molecule has 0 atom stereocenters. The van der Waals surface area contributed by atoms with Gasteiger partial charge in [-0.15, -0.1) is 0 Å². The van der Waals surface area contributed by atoms with Gasteiger partial charge in [0.15, 0.2) is 0 Å². The Morgan fingerprint density at radius 1 is 0.773 bits per heavy atom. The summed E-state index contributed by atoms with van der Waals surface area (Å²) < 4.78 is 11.4. The van der Waals surface area contributed by atoms with E-state index in [9.17, 15) is 0 Å². The van der Waals surface area contributed by atoms with Crippen LogP contribution in [0.1, 0.15) is 18.1 Å². The van der Waals surface area contributed by atoms with Gasteiger partial charge < -0.3 is 21.2 Å². The van der Waals surface area contributed by atoms with Gasteiger partial charge in [-0.05, 0) is 59.7 Å². The fourth-order valence-electron chi connectivity index (χ4n) is 1.84. The summed E-state index contributed by atoms with van der Waals surface area (Å²) in [6, 6.07) is 14.8. The van der Waals surface area contributed by atoms with Crippen molar-refractivity contribution in [3.05, 3.63) is 59.7 Å². The van der Waals surface area contributed by atoms with Crippen molar-refractivity contribution in [2.75, 3.05) is 0 Å². The fourth-order valence-corrected chi connectivity index (χ4v) is 1.84. The Morgan fingerprint density at radius 2 is 1.14 bits per heavy atom. The molecule has 0 bridgehead atoms. The van der Waals surface area contributed by atoms with Crippen molar-refractivity contribution in [2.24, 2.45) is 21.9 Å². The topological polar surface area (TPSA) is 95.2 Å². The molecule has 0 radical (unpaired) electrons. The molecule has 0 aliphatic rings. The van der Waals surface area contributed by atoms with E-state index in [-0.39, 0.29) is 0 Å². The average molecular weight is 298 g/mol. The summed E-state index contributed by atoms with van der Waals surface area (Å²) in [5.74, 6) is 11.6. The van der Waals surface area contributed by atoms with Gasteiger partial charge in [0.1, 0.15) is 11.5 Å². The molecule has 6 heteroatoms. The Kier molecular flexibility index (Phi) is 5.37. The first-order valence-corrected chi connectivity index (χ1v) is 6.71. The van der Waals surface area contributed by atoms with Crippen LogP contribution in [0.25, 0.3) is 0 Å². The lowest BCUT2D eigenvalue weighted by molar-refractivity contribution is 0.0223. The molecular weight excluding hydrogens is 280 g/mol. The van der Waals surface area contributed by atoms with Crippen LogP contribution in [0.3, 0.4) is 0 Å². The van der Waals surface area contributed by atoms with E-state index in [1.807, 2.05) is 55.5 Å². The molecule has 0 aromatic heterocycles. The molecule has 0 saturated carbocycles. The second kappa shape index (κ2) is 7.68. The van der Waals surface area contributed by atoms with Crippen molar-refractivity contribution < 1.29 is 9.47 Å². The molecule has 2 aromatic rings. The zero-order chi connectivity index (χ0) is 15.8. The van der Waals surface area contributed by atoms with Crippen LogP contribution in [-0.2, 0) is 0 Å². The number of hydrogen-bond donors (Lipinski definition) is 2. The van der Waals surface area contributed by atoms with Gasteiger partial charge in [-0.25, -0.2) is 0 Å². The summed E-state index contributed by atoms with van der Waals surface area (Å²) >= 11 is 0. The molecule has 22 heavy (non-hydrogen) atoms. The summed E-state index contributed by atoms with van der Waals surface area (Å²) in [6.07, 6.45) is 2.70. The minimum Gasteiger partial charge on any atom is -0.455 e. The van der Waals surface area contributed by atoms with Crippen LogP contribution >= 0.6 is 0 Å². The SMILES string of the molecule is CC(Oc1ccc(/C=N/N)cc1)Oc1ccc(/C=N/N)cc1. The smallest absolute Gasteiger partial charge is 0.238 e. The number of nitrogens with two attached hydrogens (primary N) is 2. The number of ether oxygens (including phenoxy) is 2. The second-order valence-corrected chi connectivity index (χ2v) is 4.50. The molecule has 0 saturated heterocycles. The Bertz CT molecular complexity index is 579. The average Bonchev–Trinajstić information content (AvgIpc) is 2.52. The predicted molar refractivity (Wildman–Crippen MR) is 87.2 cm³/mol. The summed E-state index contributed by atoms with van der Waals surface area (Å²) in [5.41, 5.74) is 1.81. The molecule has 0 unspecified atom stereocenters. The third kappa shape index (κ3) is 4.52. The largest absolute Gasteiger partial charge is 0.455 e. The van der Waals surface area contributed by atoms with Crippen molar-refractivity contribution in [1.82, 2.24) is 0 Å². The highest BCUT2D eigenvalue weighted by Crippen LogP contribution is 2.17. The van der Waals surface area contributed by atoms with Gasteiger partial charge in [-0.3, -0.25) is 0 Å². The van der Waals surface area contributed by atoms with Crippen LogP contribution in [0.15, 0.2) is 58.7 Å². The van der Waals surface area contributed by atoms with Gasteiger partial charge in [-0.2, -0.15) is 10.2 Å². The minimum atomic E-state index is -0.428. The first kappa shape index (κ1) is 15.4. The van der Waals surface area contributed by atoms with E-state index in [0.29, 0.717) is 11.5 Å². The highest BCUT2D eigenvalue weighted by molar-refractivity contribution is 5.79. The van der Waals surface area contributed by atoms with Crippen LogP contribution in [0.5, 0.6) is 11.5 Å². The Morgan fingerprint density at radius 3 is 1.45 bits per heavy atom. The first-order chi connectivity index (χ1) is 10.7. The van der Waals surface area contributed by atoms with Gasteiger partial charge in [-0.1, -0.05) is 0 Å². The number of hydrazone groups is 2. The predicted octanol–water partition coefficient (Wildman–Crippen LogP) is 2.08. The monoisotopic (exact) mass is 298 g/mol. The van der Waals surface area contributed by atoms with Gasteiger partial charge in [0, 0.05) is 6.92 Å². The van der Waals surface area contributed by atoms with Gasteiger partial charge in [0.05, 0.1) is 12.4 Å². The minimum absolute atomic E-state index is 0.428. The highest BCUT2D eigenvalue weighted by Gasteiger charge is 2.05. The summed E-state index contributed by atoms with van der Waals surface area (Å²) in [4.78, 5) is 0. The summed E-state index contributed by atoms with van der Waals surface area (Å²) in [7, 11) is 0. The number of nitrogens with zero attached hydrogens (tertiary/aromatic N) is 2. The summed E-state index contributed by atoms with van der Waals surface area (Å²) in [5, 5.41) is 6.93. The van der Waals surface area contributed by atoms with E-state index in [2.05, 4.69) is 10.2 Å². The zero-order valence-corrected chi connectivity index (χ0v) is 12.2. The second-order valence-electron chi connectivity index (χ2n) is 4.50. The standard InChI is InChI=1S/C16H18N4O2/c1-12(21-15-6-2-13(3-7-15)10-19-17)22-16-8-4-14(5-9-16)11-20-18/h2-12H,17-18H2,1H3/b19-10+,20-11+. The molecule has 114 valence electrons. The van der Waals surface area contributed by atoms with Gasteiger partial charge >= 0.3 is 0 Å². The molecule has 0 spiro atoms. The van der Waals surface area contributed by atoms with E-state index >= 15 is 0 Å². The van der Waals surface area contributed by atoms with Gasteiger partial charge in [0.25, 0.3) is 0 Å². The highest BCUT2D eigenvalue weighted by atomic mass is 16.7. The lowest BCUT2D eigenvalue weighted by Gasteiger charge is -2.16. The number of benzene rings is 2. The van der Waals surface area contributed by atoms with Crippen LogP contribution < -0.4 is 21.2 Å². The van der Waals surface area contributed by atoms with E-state index < -0.39 is 6.29 Å². The molecule has 0 aliphatic carbocycles. The van der Waals surface area contributed by atoms with Crippen LogP contribution in [0.4, 0.5) is 0 Å². The van der Waals surface area contributed by atoms with E-state index in [1.54, 1.807) is 12.4 Å². The van der Waals surface area contributed by atoms with Crippen molar-refractivity contribution in [1.29, 1.82) is 0 Å². The molecule has 4 N–H and O–H groups in total. The van der Waals surface area contributed by atoms with E-state index in [0.717, 1.165) is 11.1 Å². The molecule has 0 fully saturated rings. The lowest BCUT2D eigenvalue weighted by atomic mass is 10.2. The van der Waals surface area contributed by atoms with Gasteiger partial charge in [0.2, 0.25) is 6.29 Å². The Labute approximate surface area is 129 Å². The van der Waals surface area contributed by atoms with Crippen molar-refractivity contribution >= 4 is 12.4 Å². The van der Waals surface area contributed by atoms with Crippen molar-refractivity contribution in [3.8, 4) is 11.5 Å². The number of hydrogen-bond acceptors (Lipinski definition) is 6. The molecule has 0 amide bonds. The van der Waals surface area contributed by atoms with Crippen molar-refractivity contribution in [2.45, 2.75) is 13.2 Å². The van der Waals surface area contributed by atoms with Crippen LogP contribution in [-0.4, -0.2) is 18.7 Å². The van der Waals surface area contributed by atoms with Crippen molar-refractivity contribution in [3.63, 3.8) is 0 Å². The molecule has 0 heterocycles. The van der Waals surface area contributed by atoms with Crippen LogP contribution in [0.2, 0.25) is 0 Å². The van der Waals surface area contributed by atoms with E-state index in [1.165, 1.54) is 0 Å². The lowest BCUT2D eigenvalue weighted by Crippen LogP contribution is -2.19. The van der Waals surface area contributed by atoms with Crippen LogP contribution in [0, 0.1) is 0 Å². The van der Waals surface area contributed by atoms with E-state index in [4.69, 9.17) is 21.2 Å². The number of rotatable bonds is 6. The third-order valence-corrected chi connectivity index (χ3v) is 2.81. The summed E-state index contributed by atoms with van der Waals surface area (Å²) in [6.45, 7) is 1.82. The molecule has 0 aliphatic heterocycles. The first-order valence-electron chi connectivity index (χ1n) is 6.71. The maximum Gasteiger partial charge on any atom is 0.238 e. The zero-order valence-electron chi connectivity index (χ0n) is 12.2. The Balaban J connectivity index is 1.92. The fraction of sp³-hybridized carbons (Fsp3) is 0.125. The third-order valence-electron chi connectivity index (χ3n) is 2.81. The molecular formula is C16H18N4O2. The maximum absolute atomic E-state index is 5.68. The molecule has 2 rings (SSSR count).